The molecule has 0 bridgehead atoms. The van der Waals surface area contributed by atoms with Gasteiger partial charge in [0.2, 0.25) is 0 Å². The van der Waals surface area contributed by atoms with Crippen LogP contribution in [0.4, 0.5) is 0 Å². The molecule has 2 heteroatoms. The van der Waals surface area contributed by atoms with Crippen molar-refractivity contribution in [2.75, 3.05) is 0 Å². The molecule has 0 aromatic carbocycles. The first-order valence-electron chi connectivity index (χ1n) is 10.4. The van der Waals surface area contributed by atoms with Gasteiger partial charge in [0.15, 0.2) is 0 Å². The summed E-state index contributed by atoms with van der Waals surface area (Å²) in [5.74, 6) is 1.50. The first-order chi connectivity index (χ1) is 11.3. The van der Waals surface area contributed by atoms with Crippen LogP contribution >= 0.6 is 0 Å². The zero-order chi connectivity index (χ0) is 16.8. The fourth-order valence-electron chi connectivity index (χ4n) is 3.50. The summed E-state index contributed by atoms with van der Waals surface area (Å²) < 4.78 is 4.90. The largest absolute Gasteiger partial charge is 0.256 e. The lowest BCUT2D eigenvalue weighted by Gasteiger charge is -2.04. The van der Waals surface area contributed by atoms with Gasteiger partial charge in [-0.3, -0.25) is 0 Å². The van der Waals surface area contributed by atoms with Gasteiger partial charge < -0.3 is 0 Å². The topological polar surface area (TPSA) is 8.81 Å². The zero-order valence-electron chi connectivity index (χ0n) is 16.2. The Bertz CT molecular complexity index is 381. The molecular formula is C21H41N2+. The number of rotatable bonds is 15. The Labute approximate surface area is 145 Å². The standard InChI is InChI=1S/C21H41N2/c1-4-7-8-9-10-11-12-13-14-15-16-18-23-20-19-22(17-5-2)21(23)6-3/h19-20H,4-18H2,1-3H3/q+1. The molecule has 0 aliphatic heterocycles. The molecule has 0 atom stereocenters. The first kappa shape index (κ1) is 20.3. The highest BCUT2D eigenvalue weighted by molar-refractivity contribution is 4.82. The second-order valence-corrected chi connectivity index (χ2v) is 6.99. The predicted octanol–water partition coefficient (Wildman–Crippen LogP) is 6.06. The Hall–Kier alpha value is -0.790. The minimum Gasteiger partial charge on any atom is -0.234 e. The van der Waals surface area contributed by atoms with E-state index in [1.807, 2.05) is 0 Å². The summed E-state index contributed by atoms with van der Waals surface area (Å²) in [6.07, 6.45) is 22.6. The third kappa shape index (κ3) is 8.58. The van der Waals surface area contributed by atoms with Crippen molar-refractivity contribution >= 4 is 0 Å². The maximum absolute atomic E-state index is 2.48. The molecule has 0 N–H and O–H groups in total. The van der Waals surface area contributed by atoms with E-state index >= 15 is 0 Å². The first-order valence-corrected chi connectivity index (χ1v) is 10.4. The molecule has 0 spiro atoms. The van der Waals surface area contributed by atoms with Crippen LogP contribution in [-0.4, -0.2) is 4.57 Å². The molecule has 1 rings (SSSR count). The average Bonchev–Trinajstić information content (AvgIpc) is 2.95. The van der Waals surface area contributed by atoms with E-state index in [9.17, 15) is 0 Å². The van der Waals surface area contributed by atoms with Crippen molar-refractivity contribution in [1.82, 2.24) is 4.57 Å². The van der Waals surface area contributed by atoms with Crippen molar-refractivity contribution in [1.29, 1.82) is 0 Å². The molecule has 1 heterocycles. The third-order valence-electron chi connectivity index (χ3n) is 4.87. The van der Waals surface area contributed by atoms with Gasteiger partial charge in [-0.2, -0.15) is 0 Å². The Morgan fingerprint density at radius 2 is 1.30 bits per heavy atom. The fourth-order valence-corrected chi connectivity index (χ4v) is 3.50. The van der Waals surface area contributed by atoms with Gasteiger partial charge >= 0.3 is 0 Å². The molecule has 0 saturated heterocycles. The third-order valence-corrected chi connectivity index (χ3v) is 4.87. The Balaban J connectivity index is 2.03. The second-order valence-electron chi connectivity index (χ2n) is 6.99. The summed E-state index contributed by atoms with van der Waals surface area (Å²) in [6, 6.07) is 0. The smallest absolute Gasteiger partial charge is 0.234 e. The molecule has 0 aliphatic carbocycles. The molecule has 0 amide bonds. The van der Waals surface area contributed by atoms with Gasteiger partial charge in [-0.15, -0.1) is 0 Å². The van der Waals surface area contributed by atoms with E-state index < -0.39 is 0 Å². The van der Waals surface area contributed by atoms with Gasteiger partial charge in [0, 0.05) is 6.42 Å². The lowest BCUT2D eigenvalue weighted by molar-refractivity contribution is -0.703. The second kappa shape index (κ2) is 13.6. The summed E-state index contributed by atoms with van der Waals surface area (Å²) in [5, 5.41) is 0. The number of hydrogen-bond donors (Lipinski definition) is 0. The Morgan fingerprint density at radius 3 is 1.83 bits per heavy atom. The van der Waals surface area contributed by atoms with Crippen LogP contribution in [0.15, 0.2) is 12.4 Å². The zero-order valence-corrected chi connectivity index (χ0v) is 16.2. The van der Waals surface area contributed by atoms with Gasteiger partial charge in [0.25, 0.3) is 5.82 Å². The van der Waals surface area contributed by atoms with Crippen molar-refractivity contribution in [2.24, 2.45) is 0 Å². The molecule has 0 fully saturated rings. The molecule has 23 heavy (non-hydrogen) atoms. The highest BCUT2D eigenvalue weighted by Gasteiger charge is 2.13. The lowest BCUT2D eigenvalue weighted by atomic mass is 10.1. The minimum atomic E-state index is 1.14. The van der Waals surface area contributed by atoms with Crippen molar-refractivity contribution in [3.63, 3.8) is 0 Å². The molecule has 0 aliphatic rings. The van der Waals surface area contributed by atoms with E-state index in [1.54, 1.807) is 0 Å². The van der Waals surface area contributed by atoms with E-state index in [-0.39, 0.29) is 0 Å². The van der Waals surface area contributed by atoms with Crippen molar-refractivity contribution in [2.45, 2.75) is 117 Å². The van der Waals surface area contributed by atoms with Gasteiger partial charge in [0.05, 0.1) is 13.1 Å². The molecular weight excluding hydrogens is 280 g/mol. The molecule has 1 aromatic rings. The predicted molar refractivity (Wildman–Crippen MR) is 101 cm³/mol. The van der Waals surface area contributed by atoms with E-state index in [4.69, 9.17) is 0 Å². The van der Waals surface area contributed by atoms with Crippen molar-refractivity contribution < 1.29 is 4.57 Å². The summed E-state index contributed by atoms with van der Waals surface area (Å²) in [6.45, 7) is 9.19. The van der Waals surface area contributed by atoms with Crippen LogP contribution in [0.3, 0.4) is 0 Å². The number of aromatic nitrogens is 2. The van der Waals surface area contributed by atoms with Crippen LogP contribution in [0.5, 0.6) is 0 Å². The molecule has 0 saturated carbocycles. The van der Waals surface area contributed by atoms with Crippen molar-refractivity contribution in [3.8, 4) is 0 Å². The molecule has 2 nitrogen and oxygen atoms in total. The minimum absolute atomic E-state index is 1.14. The van der Waals surface area contributed by atoms with Crippen LogP contribution in [0.2, 0.25) is 0 Å². The highest BCUT2D eigenvalue weighted by atomic mass is 15.1. The normalized spacial score (nSPS) is 11.3. The highest BCUT2D eigenvalue weighted by Crippen LogP contribution is 2.12. The van der Waals surface area contributed by atoms with E-state index in [2.05, 4.69) is 42.3 Å². The van der Waals surface area contributed by atoms with Gasteiger partial charge in [0.1, 0.15) is 12.4 Å². The number of nitrogens with zero attached hydrogens (tertiary/aromatic N) is 2. The Kier molecular flexibility index (Phi) is 12.0. The number of hydrogen-bond acceptors (Lipinski definition) is 0. The van der Waals surface area contributed by atoms with Gasteiger partial charge in [-0.1, -0.05) is 78.6 Å². The molecule has 0 radical (unpaired) electrons. The maximum Gasteiger partial charge on any atom is 0.256 e. The quantitative estimate of drug-likeness (QED) is 0.274. The van der Waals surface area contributed by atoms with Crippen LogP contribution in [0.25, 0.3) is 0 Å². The van der Waals surface area contributed by atoms with E-state index in [1.165, 1.54) is 89.4 Å². The summed E-state index contributed by atoms with van der Waals surface area (Å²) in [5.41, 5.74) is 0. The number of unbranched alkanes of at least 4 members (excludes halogenated alkanes) is 10. The number of aryl methyl sites for hydroxylation is 2. The van der Waals surface area contributed by atoms with Crippen molar-refractivity contribution in [3.05, 3.63) is 18.2 Å². The maximum atomic E-state index is 2.48. The van der Waals surface area contributed by atoms with Crippen LogP contribution in [-0.2, 0) is 19.5 Å². The SMILES string of the molecule is CCCCCCCCCCCCCn1cc[n+](CCC)c1CC. The summed E-state index contributed by atoms with van der Waals surface area (Å²) in [4.78, 5) is 0. The molecule has 0 unspecified atom stereocenters. The molecule has 134 valence electrons. The number of imidazole rings is 1. The van der Waals surface area contributed by atoms with E-state index in [0.717, 1.165) is 13.0 Å². The molecule has 1 aromatic heterocycles. The average molecular weight is 322 g/mol. The lowest BCUT2D eigenvalue weighted by Crippen LogP contribution is -2.36. The summed E-state index contributed by atoms with van der Waals surface area (Å²) in [7, 11) is 0. The Morgan fingerprint density at radius 1 is 0.739 bits per heavy atom. The van der Waals surface area contributed by atoms with Gasteiger partial charge in [-0.05, 0) is 19.3 Å². The summed E-state index contributed by atoms with van der Waals surface area (Å²) >= 11 is 0. The van der Waals surface area contributed by atoms with Crippen LogP contribution in [0.1, 0.15) is 104 Å². The van der Waals surface area contributed by atoms with E-state index in [0.29, 0.717) is 0 Å². The van der Waals surface area contributed by atoms with Crippen LogP contribution in [0, 0.1) is 0 Å². The van der Waals surface area contributed by atoms with Crippen LogP contribution < -0.4 is 4.57 Å². The fraction of sp³-hybridized carbons (Fsp3) is 0.857. The monoisotopic (exact) mass is 321 g/mol. The van der Waals surface area contributed by atoms with Gasteiger partial charge in [-0.25, -0.2) is 9.13 Å².